The number of Topliss-reactive ketones (excluding diaryl/α,β-unsaturated/α-hetero) is 2. The second-order valence-corrected chi connectivity index (χ2v) is 13.9. The Bertz CT molecular complexity index is 2520. The normalized spacial score (nSPS) is 12.4. The van der Waals surface area contributed by atoms with Crippen molar-refractivity contribution in [3.8, 4) is 17.1 Å². The van der Waals surface area contributed by atoms with Crippen LogP contribution in [0.15, 0.2) is 78.6 Å². The van der Waals surface area contributed by atoms with Crippen LogP contribution in [0.3, 0.4) is 0 Å². The molecule has 1 atom stereocenters. The SMILES string of the molecule is CC(=O)c1[nH]n(-c2cc(OS(=O)O)ccc2SOOO)c(=O)c1C=C=CC=Cc1c(C(C)=O)[nH]n(-c2cc(S(=O)(=O)O)ccc2S(=O)(=O)O)c1=O. The minimum atomic E-state index is -5.06. The minimum absolute atomic E-state index is 0.0733. The van der Waals surface area contributed by atoms with Gasteiger partial charge in [0.05, 0.1) is 44.3 Å². The molecule has 51 heavy (non-hydrogen) atoms. The summed E-state index contributed by atoms with van der Waals surface area (Å²) in [6.07, 6.45) is 4.49. The first-order valence-corrected chi connectivity index (χ1v) is 18.0. The number of hydrogen-bond donors (Lipinski definition) is 6. The van der Waals surface area contributed by atoms with Gasteiger partial charge >= 0.3 is 11.4 Å². The van der Waals surface area contributed by atoms with Gasteiger partial charge in [-0.2, -0.15) is 21.0 Å². The summed E-state index contributed by atoms with van der Waals surface area (Å²) in [5.74, 6) is -1.51. The van der Waals surface area contributed by atoms with Crippen molar-refractivity contribution < 1.29 is 63.1 Å². The molecule has 0 aliphatic heterocycles. The molecule has 2 aromatic carbocycles. The molecule has 0 aliphatic carbocycles. The molecule has 4 rings (SSSR count). The maximum atomic E-state index is 13.4. The van der Waals surface area contributed by atoms with Crippen molar-refractivity contribution in [1.82, 2.24) is 19.6 Å². The molecule has 2 aromatic heterocycles. The Morgan fingerprint density at radius 3 is 2.08 bits per heavy atom. The minimum Gasteiger partial charge on any atom is -0.380 e. The third kappa shape index (κ3) is 8.85. The highest BCUT2D eigenvalue weighted by Gasteiger charge is 2.25. The number of ketones is 2. The zero-order valence-electron chi connectivity index (χ0n) is 25.5. The number of rotatable bonds is 14. The number of nitrogens with zero attached hydrogens (tertiary/aromatic N) is 2. The van der Waals surface area contributed by atoms with Crippen molar-refractivity contribution in [2.45, 2.75) is 28.5 Å². The van der Waals surface area contributed by atoms with Crippen LogP contribution in [0, 0.1) is 0 Å². The summed E-state index contributed by atoms with van der Waals surface area (Å²) in [4.78, 5) is 49.9. The van der Waals surface area contributed by atoms with Crippen molar-refractivity contribution in [3.05, 3.63) is 97.5 Å². The van der Waals surface area contributed by atoms with Crippen LogP contribution in [0.25, 0.3) is 23.5 Å². The quantitative estimate of drug-likeness (QED) is 0.0156. The van der Waals surface area contributed by atoms with Crippen molar-refractivity contribution in [3.63, 3.8) is 0 Å². The van der Waals surface area contributed by atoms with Gasteiger partial charge in [0.1, 0.15) is 22.0 Å². The summed E-state index contributed by atoms with van der Waals surface area (Å²) in [5, 5.41) is 17.1. The summed E-state index contributed by atoms with van der Waals surface area (Å²) in [5.41, 5.74) is -1.32. The van der Waals surface area contributed by atoms with Gasteiger partial charge in [-0.3, -0.25) is 43.0 Å². The molecule has 2 heterocycles. The maximum Gasteiger partial charge on any atom is 0.357 e. The van der Waals surface area contributed by atoms with E-state index in [1.807, 2.05) is 0 Å². The number of aromatic amines is 2. The summed E-state index contributed by atoms with van der Waals surface area (Å²) in [6, 6.07) is 5.53. The number of benzene rings is 2. The number of carbonyl (C=O) groups excluding carboxylic acids is 2. The highest BCUT2D eigenvalue weighted by atomic mass is 32.2. The summed E-state index contributed by atoms with van der Waals surface area (Å²) in [7, 11) is -9.97. The van der Waals surface area contributed by atoms with Gasteiger partial charge in [0.25, 0.3) is 31.4 Å². The smallest absolute Gasteiger partial charge is 0.357 e. The van der Waals surface area contributed by atoms with Crippen LogP contribution < -0.4 is 15.3 Å². The van der Waals surface area contributed by atoms with Gasteiger partial charge in [-0.05, 0) is 48.6 Å². The molecule has 0 bridgehead atoms. The molecule has 0 radical (unpaired) electrons. The van der Waals surface area contributed by atoms with Crippen LogP contribution >= 0.6 is 12.0 Å². The average molecular weight is 787 g/mol. The molecule has 0 aliphatic rings. The lowest BCUT2D eigenvalue weighted by Crippen LogP contribution is -2.19. The van der Waals surface area contributed by atoms with E-state index in [1.54, 1.807) is 0 Å². The fourth-order valence-electron chi connectivity index (χ4n) is 4.38. The number of carbonyl (C=O) groups is 2. The second-order valence-electron chi connectivity index (χ2n) is 9.77. The van der Waals surface area contributed by atoms with Crippen LogP contribution in [0.4, 0.5) is 0 Å². The first-order valence-electron chi connectivity index (χ1n) is 13.3. The molecule has 270 valence electrons. The number of allylic oxidation sites excluding steroid dienone is 2. The van der Waals surface area contributed by atoms with Gasteiger partial charge in [0.15, 0.2) is 11.6 Å². The Labute approximate surface area is 292 Å². The van der Waals surface area contributed by atoms with E-state index in [2.05, 4.69) is 25.3 Å². The van der Waals surface area contributed by atoms with Crippen molar-refractivity contribution >= 4 is 67.4 Å². The molecule has 0 saturated heterocycles. The van der Waals surface area contributed by atoms with Crippen LogP contribution in [0.5, 0.6) is 5.75 Å². The van der Waals surface area contributed by atoms with Crippen LogP contribution in [-0.4, -0.2) is 71.1 Å². The molecule has 1 unspecified atom stereocenters. The maximum absolute atomic E-state index is 13.4. The van der Waals surface area contributed by atoms with Crippen molar-refractivity contribution in [1.29, 1.82) is 0 Å². The Balaban J connectivity index is 1.80. The van der Waals surface area contributed by atoms with E-state index in [4.69, 9.17) is 14.0 Å². The molecule has 0 saturated carbocycles. The van der Waals surface area contributed by atoms with Crippen LogP contribution in [-0.2, 0) is 41.0 Å². The molecule has 4 aromatic rings. The standard InChI is InChI=1S/C27H22N4O16S4/c1-14(32)24-18(26(34)30(28-24)20-12-16(45-49(37)38)8-10-22(20)48-47-46-36)6-4-3-5-7-19-25(15(2)33)29-31(27(19)35)21-13-17(50(39,40)41)9-11-23(21)51(42,43)44/h3,5-13,28-29,36H,1-2H3,(H,37,38)(H,39,40,41)(H,42,43,44). The largest absolute Gasteiger partial charge is 0.380 e. The summed E-state index contributed by atoms with van der Waals surface area (Å²) in [6.45, 7) is 2.20. The predicted molar refractivity (Wildman–Crippen MR) is 176 cm³/mol. The van der Waals surface area contributed by atoms with Gasteiger partial charge in [-0.15, -0.1) is 10.1 Å². The first kappa shape index (κ1) is 38.8. The van der Waals surface area contributed by atoms with Crippen LogP contribution in [0.1, 0.15) is 46.0 Å². The van der Waals surface area contributed by atoms with E-state index in [0.717, 1.165) is 42.8 Å². The third-order valence-electron chi connectivity index (χ3n) is 6.48. The van der Waals surface area contributed by atoms with E-state index in [-0.39, 0.29) is 38.8 Å². The number of H-pyrrole nitrogens is 2. The topological polar surface area (TPSA) is 304 Å². The monoisotopic (exact) mass is 786 g/mol. The number of aromatic nitrogens is 4. The molecule has 0 fully saturated rings. The number of nitrogens with one attached hydrogen (secondary N) is 2. The molecule has 0 spiro atoms. The molecular weight excluding hydrogens is 765 g/mol. The van der Waals surface area contributed by atoms with Gasteiger partial charge in [0.2, 0.25) is 0 Å². The van der Waals surface area contributed by atoms with Gasteiger partial charge in [-0.1, -0.05) is 11.1 Å². The second kappa shape index (κ2) is 15.5. The predicted octanol–water partition coefficient (Wildman–Crippen LogP) is 2.37. The van der Waals surface area contributed by atoms with E-state index in [0.29, 0.717) is 34.9 Å². The Hall–Kier alpha value is -4.98. The van der Waals surface area contributed by atoms with E-state index in [1.165, 1.54) is 18.2 Å². The zero-order valence-corrected chi connectivity index (χ0v) is 28.8. The lowest BCUT2D eigenvalue weighted by Gasteiger charge is -2.09. The van der Waals surface area contributed by atoms with E-state index < -0.39 is 69.8 Å². The fourth-order valence-corrected chi connectivity index (χ4v) is 6.26. The zero-order chi connectivity index (χ0) is 37.8. The lowest BCUT2D eigenvalue weighted by molar-refractivity contribution is -0.432. The summed E-state index contributed by atoms with van der Waals surface area (Å²) < 4.78 is 97.2. The van der Waals surface area contributed by atoms with Crippen LogP contribution in [0.2, 0.25) is 0 Å². The Morgan fingerprint density at radius 2 is 1.51 bits per heavy atom. The highest BCUT2D eigenvalue weighted by Crippen LogP contribution is 2.30. The molecule has 0 amide bonds. The van der Waals surface area contributed by atoms with Gasteiger partial charge in [-0.25, -0.2) is 14.6 Å². The summed E-state index contributed by atoms with van der Waals surface area (Å²) >= 11 is -2.31. The van der Waals surface area contributed by atoms with E-state index in [9.17, 15) is 49.3 Å². The molecule has 24 heteroatoms. The number of hydrogen-bond acceptors (Lipinski definition) is 14. The average Bonchev–Trinajstić information content (AvgIpc) is 3.55. The van der Waals surface area contributed by atoms with Gasteiger partial charge in [0, 0.05) is 19.9 Å². The molecule has 6 N–H and O–H groups in total. The highest BCUT2D eigenvalue weighted by molar-refractivity contribution is 7.94. The first-order chi connectivity index (χ1) is 23.8. The Morgan fingerprint density at radius 1 is 0.902 bits per heavy atom. The van der Waals surface area contributed by atoms with Gasteiger partial charge < -0.3 is 4.18 Å². The molecular formula is C27H22N4O16S4. The van der Waals surface area contributed by atoms with Crippen molar-refractivity contribution in [2.24, 2.45) is 0 Å². The molecule has 20 nitrogen and oxygen atoms in total. The van der Waals surface area contributed by atoms with Crippen molar-refractivity contribution in [2.75, 3.05) is 0 Å². The third-order valence-corrected chi connectivity index (χ3v) is 9.22. The van der Waals surface area contributed by atoms with E-state index >= 15 is 0 Å². The lowest BCUT2D eigenvalue weighted by atomic mass is 10.1. The Kier molecular flexibility index (Phi) is 11.8. The fraction of sp³-hybridized carbons (Fsp3) is 0.0741.